The molecule has 0 bridgehead atoms. The molecule has 1 aromatic carbocycles. The smallest absolute Gasteiger partial charge is 0.220 e. The van der Waals surface area contributed by atoms with Crippen LogP contribution in [0.1, 0.15) is 18.2 Å². The Hall–Kier alpha value is -3.46. The molecule has 0 aliphatic carbocycles. The molecule has 3 aromatic rings. The molecule has 0 saturated carbocycles. The molecule has 8 nitrogen and oxygen atoms in total. The van der Waals surface area contributed by atoms with E-state index < -0.39 is 0 Å². The highest BCUT2D eigenvalue weighted by molar-refractivity contribution is 7.09. The van der Waals surface area contributed by atoms with Crippen molar-refractivity contribution in [3.8, 4) is 11.4 Å². The second kappa shape index (κ2) is 12.4. The zero-order chi connectivity index (χ0) is 22.6. The van der Waals surface area contributed by atoms with Crippen LogP contribution in [0.15, 0.2) is 53.9 Å². The summed E-state index contributed by atoms with van der Waals surface area (Å²) >= 11 is 1.67. The largest absolute Gasteiger partial charge is 0.368 e. The average molecular weight is 453 g/mol. The Morgan fingerprint density at radius 2 is 1.56 bits per heavy atom. The van der Waals surface area contributed by atoms with Crippen molar-refractivity contribution in [2.75, 3.05) is 36.8 Å². The van der Waals surface area contributed by atoms with Gasteiger partial charge in [-0.3, -0.25) is 9.59 Å². The van der Waals surface area contributed by atoms with Crippen LogP contribution in [0.3, 0.4) is 0 Å². The molecule has 0 saturated heterocycles. The van der Waals surface area contributed by atoms with Crippen molar-refractivity contribution >= 4 is 34.8 Å². The van der Waals surface area contributed by atoms with E-state index in [2.05, 4.69) is 31.2 Å². The van der Waals surface area contributed by atoms with Gasteiger partial charge in [-0.2, -0.15) is 0 Å². The molecule has 0 aliphatic rings. The molecule has 4 N–H and O–H groups in total. The van der Waals surface area contributed by atoms with E-state index in [1.54, 1.807) is 11.3 Å². The number of nitrogens with one attached hydrogen (secondary N) is 4. The fraction of sp³-hybridized carbons (Fsp3) is 0.304. The van der Waals surface area contributed by atoms with Crippen LogP contribution in [0.2, 0.25) is 0 Å². The van der Waals surface area contributed by atoms with Gasteiger partial charge in [0.05, 0.1) is 0 Å². The van der Waals surface area contributed by atoms with E-state index in [0.717, 1.165) is 12.0 Å². The fourth-order valence-electron chi connectivity index (χ4n) is 2.95. The molecule has 0 spiro atoms. The summed E-state index contributed by atoms with van der Waals surface area (Å²) in [5.74, 6) is 1.88. The molecule has 0 unspecified atom stereocenters. The zero-order valence-electron chi connectivity index (χ0n) is 18.1. The van der Waals surface area contributed by atoms with Gasteiger partial charge < -0.3 is 21.3 Å². The number of anilines is 2. The molecular formula is C23H28N6O2S. The number of thiophene rings is 1. The van der Waals surface area contributed by atoms with Gasteiger partial charge in [-0.25, -0.2) is 9.97 Å². The van der Waals surface area contributed by atoms with Gasteiger partial charge in [-0.05, 0) is 17.9 Å². The topological polar surface area (TPSA) is 108 Å². The summed E-state index contributed by atoms with van der Waals surface area (Å²) in [7, 11) is 0. The Kier molecular flexibility index (Phi) is 9.00. The van der Waals surface area contributed by atoms with Crippen molar-refractivity contribution in [1.82, 2.24) is 20.6 Å². The Morgan fingerprint density at radius 1 is 0.875 bits per heavy atom. The zero-order valence-corrected chi connectivity index (χ0v) is 18.9. The summed E-state index contributed by atoms with van der Waals surface area (Å²) in [5.41, 5.74) is 0.906. The fourth-order valence-corrected chi connectivity index (χ4v) is 3.66. The maximum absolute atomic E-state index is 12.0. The average Bonchev–Trinajstić information content (AvgIpc) is 3.32. The van der Waals surface area contributed by atoms with Crippen molar-refractivity contribution in [3.63, 3.8) is 0 Å². The summed E-state index contributed by atoms with van der Waals surface area (Å²) in [5, 5.41) is 14.2. The first-order valence-corrected chi connectivity index (χ1v) is 11.4. The minimum atomic E-state index is -0.0701. The van der Waals surface area contributed by atoms with Crippen LogP contribution in [0.5, 0.6) is 0 Å². The van der Waals surface area contributed by atoms with Crippen LogP contribution in [-0.4, -0.2) is 48.0 Å². The normalized spacial score (nSPS) is 10.4. The Labute approximate surface area is 191 Å². The maximum atomic E-state index is 12.0. The van der Waals surface area contributed by atoms with Crippen molar-refractivity contribution in [3.05, 3.63) is 58.8 Å². The number of benzene rings is 1. The number of aromatic nitrogens is 2. The monoisotopic (exact) mass is 452 g/mol. The first kappa shape index (κ1) is 23.2. The third-order valence-corrected chi connectivity index (χ3v) is 5.43. The molecule has 0 radical (unpaired) electrons. The van der Waals surface area contributed by atoms with Gasteiger partial charge in [0.1, 0.15) is 11.6 Å². The van der Waals surface area contributed by atoms with Crippen molar-refractivity contribution in [1.29, 1.82) is 0 Å². The van der Waals surface area contributed by atoms with E-state index in [0.29, 0.717) is 50.1 Å². The highest BCUT2D eigenvalue weighted by atomic mass is 32.1. The molecule has 3 rings (SSSR count). The minimum absolute atomic E-state index is 0.0354. The van der Waals surface area contributed by atoms with Gasteiger partial charge in [0.2, 0.25) is 11.8 Å². The summed E-state index contributed by atoms with van der Waals surface area (Å²) < 4.78 is 0. The van der Waals surface area contributed by atoms with Crippen molar-refractivity contribution in [2.45, 2.75) is 19.8 Å². The summed E-state index contributed by atoms with van der Waals surface area (Å²) in [4.78, 5) is 33.5. The number of hydrogen-bond acceptors (Lipinski definition) is 7. The lowest BCUT2D eigenvalue weighted by atomic mass is 10.2. The predicted octanol–water partition coefficient (Wildman–Crippen LogP) is 2.91. The van der Waals surface area contributed by atoms with E-state index in [9.17, 15) is 9.59 Å². The molecule has 2 heterocycles. The lowest BCUT2D eigenvalue weighted by molar-refractivity contribution is -0.121. The van der Waals surface area contributed by atoms with Gasteiger partial charge in [-0.1, -0.05) is 36.4 Å². The van der Waals surface area contributed by atoms with Crippen molar-refractivity contribution < 1.29 is 9.59 Å². The summed E-state index contributed by atoms with van der Waals surface area (Å²) in [6, 6.07) is 15.6. The van der Waals surface area contributed by atoms with Crippen molar-refractivity contribution in [2.24, 2.45) is 0 Å². The Bertz CT molecular complexity index is 995. The molecule has 2 amide bonds. The van der Waals surface area contributed by atoms with Gasteiger partial charge in [-0.15, -0.1) is 11.3 Å². The van der Waals surface area contributed by atoms with Crippen LogP contribution < -0.4 is 21.3 Å². The summed E-state index contributed by atoms with van der Waals surface area (Å²) in [6.45, 7) is 3.58. The van der Waals surface area contributed by atoms with E-state index in [-0.39, 0.29) is 11.8 Å². The molecule has 168 valence electrons. The number of hydrogen-bond donors (Lipinski definition) is 4. The van der Waals surface area contributed by atoms with Crippen LogP contribution in [0.25, 0.3) is 11.4 Å². The van der Waals surface area contributed by atoms with Crippen LogP contribution in [-0.2, 0) is 16.0 Å². The van der Waals surface area contributed by atoms with E-state index >= 15 is 0 Å². The van der Waals surface area contributed by atoms with Crippen LogP contribution in [0, 0.1) is 0 Å². The second-order valence-corrected chi connectivity index (χ2v) is 8.13. The molecule has 32 heavy (non-hydrogen) atoms. The van der Waals surface area contributed by atoms with Crippen LogP contribution in [0.4, 0.5) is 11.6 Å². The van der Waals surface area contributed by atoms with Gasteiger partial charge in [0.15, 0.2) is 5.82 Å². The standard InChI is InChI=1S/C23H28N6O2S/c1-17(30)24-11-12-25-20-16-21(29-23(28-20)18-6-3-2-4-7-18)26-13-14-27-22(31)10-9-19-8-5-15-32-19/h2-8,15-16H,9-14H2,1H3,(H,24,30)(H,27,31)(H2,25,26,28,29). The minimum Gasteiger partial charge on any atom is -0.368 e. The number of nitrogens with zero attached hydrogens (tertiary/aromatic N) is 2. The quantitative estimate of drug-likeness (QED) is 0.315. The highest BCUT2D eigenvalue weighted by Crippen LogP contribution is 2.20. The number of carbonyl (C=O) groups is 2. The lowest BCUT2D eigenvalue weighted by Gasteiger charge is -2.12. The third-order valence-electron chi connectivity index (χ3n) is 4.50. The first-order chi connectivity index (χ1) is 15.6. The Balaban J connectivity index is 1.53. The maximum Gasteiger partial charge on any atom is 0.220 e. The predicted molar refractivity (Wildman–Crippen MR) is 129 cm³/mol. The Morgan fingerprint density at radius 3 is 2.19 bits per heavy atom. The second-order valence-electron chi connectivity index (χ2n) is 7.09. The van der Waals surface area contributed by atoms with E-state index in [1.165, 1.54) is 11.8 Å². The van der Waals surface area contributed by atoms with E-state index in [4.69, 9.17) is 0 Å². The van der Waals surface area contributed by atoms with Gasteiger partial charge >= 0.3 is 0 Å². The van der Waals surface area contributed by atoms with Crippen LogP contribution >= 0.6 is 11.3 Å². The van der Waals surface area contributed by atoms with Gasteiger partial charge in [0, 0.05) is 56.0 Å². The molecule has 0 aliphatic heterocycles. The first-order valence-electron chi connectivity index (χ1n) is 10.6. The molecule has 2 aromatic heterocycles. The number of aryl methyl sites for hydroxylation is 1. The summed E-state index contributed by atoms with van der Waals surface area (Å²) in [6.07, 6.45) is 1.24. The number of rotatable bonds is 12. The highest BCUT2D eigenvalue weighted by Gasteiger charge is 2.08. The number of amides is 2. The molecular weight excluding hydrogens is 424 g/mol. The lowest BCUT2D eigenvalue weighted by Crippen LogP contribution is -2.29. The third kappa shape index (κ3) is 7.99. The molecule has 0 atom stereocenters. The SMILES string of the molecule is CC(=O)NCCNc1cc(NCCNC(=O)CCc2cccs2)nc(-c2ccccc2)n1. The molecule has 0 fully saturated rings. The van der Waals surface area contributed by atoms with E-state index in [1.807, 2.05) is 53.9 Å². The van der Waals surface area contributed by atoms with Gasteiger partial charge in [0.25, 0.3) is 0 Å². The number of carbonyl (C=O) groups excluding carboxylic acids is 2. The molecule has 9 heteroatoms.